The molecule has 0 saturated carbocycles. The minimum absolute atomic E-state index is 0.163. The number of para-hydroxylation sites is 1. The van der Waals surface area contributed by atoms with Gasteiger partial charge >= 0.3 is 6.18 Å². The molecule has 2 aromatic heterocycles. The first-order valence-corrected chi connectivity index (χ1v) is 8.66. The highest BCUT2D eigenvalue weighted by Gasteiger charge is 2.32. The van der Waals surface area contributed by atoms with Crippen molar-refractivity contribution in [2.75, 3.05) is 0 Å². The van der Waals surface area contributed by atoms with Crippen molar-refractivity contribution in [2.24, 2.45) is 5.73 Å². The third-order valence-corrected chi connectivity index (χ3v) is 4.52. The molecule has 2 aromatic carbocycles. The molecule has 142 valence electrons. The van der Waals surface area contributed by atoms with Crippen molar-refractivity contribution in [3.8, 4) is 11.3 Å². The summed E-state index contributed by atoms with van der Waals surface area (Å²) in [5.74, 6) is 0. The number of halogens is 3. The van der Waals surface area contributed by atoms with Gasteiger partial charge in [0.25, 0.3) is 0 Å². The van der Waals surface area contributed by atoms with Crippen LogP contribution in [0.15, 0.2) is 71.3 Å². The summed E-state index contributed by atoms with van der Waals surface area (Å²) in [6.45, 7) is 0. The maximum absolute atomic E-state index is 12.9. The zero-order chi connectivity index (χ0) is 19.7. The second kappa shape index (κ2) is 7.09. The summed E-state index contributed by atoms with van der Waals surface area (Å²) in [5, 5.41) is 5.01. The lowest BCUT2D eigenvalue weighted by molar-refractivity contribution is -0.141. The van der Waals surface area contributed by atoms with Crippen LogP contribution in [0.4, 0.5) is 13.2 Å². The van der Waals surface area contributed by atoms with Gasteiger partial charge in [-0.25, -0.2) is 4.98 Å². The summed E-state index contributed by atoms with van der Waals surface area (Å²) in [4.78, 5) is 3.71. The van der Waals surface area contributed by atoms with E-state index in [-0.39, 0.29) is 12.1 Å². The van der Waals surface area contributed by atoms with Gasteiger partial charge in [0.05, 0.1) is 0 Å². The number of hydrogen-bond acceptors (Lipinski definition) is 4. The average molecular weight is 383 g/mol. The number of aromatic nitrogens is 2. The van der Waals surface area contributed by atoms with Crippen molar-refractivity contribution in [1.29, 1.82) is 0 Å². The number of nitrogens with two attached hydrogens (primary N) is 1. The average Bonchev–Trinajstić information content (AvgIpc) is 3.11. The van der Waals surface area contributed by atoms with E-state index in [1.807, 2.05) is 48.5 Å². The number of benzene rings is 2. The summed E-state index contributed by atoms with van der Waals surface area (Å²) >= 11 is 0. The molecular formula is C21H16F3N3O. The molecule has 2 heterocycles. The van der Waals surface area contributed by atoms with E-state index in [1.165, 1.54) is 6.07 Å². The van der Waals surface area contributed by atoms with E-state index in [0.29, 0.717) is 11.3 Å². The predicted molar refractivity (Wildman–Crippen MR) is 99.3 cm³/mol. The molecule has 1 atom stereocenters. The Balaban J connectivity index is 1.69. The molecule has 2 N–H and O–H groups in total. The first kappa shape index (κ1) is 18.2. The van der Waals surface area contributed by atoms with E-state index in [0.717, 1.165) is 22.6 Å². The molecule has 4 nitrogen and oxygen atoms in total. The first-order chi connectivity index (χ1) is 13.4. The number of fused-ring (bicyclic) bond motifs is 1. The molecule has 0 fully saturated rings. The maximum atomic E-state index is 12.9. The summed E-state index contributed by atoms with van der Waals surface area (Å²) in [7, 11) is 0. The van der Waals surface area contributed by atoms with Crippen molar-refractivity contribution in [3.63, 3.8) is 0 Å². The number of nitrogens with zero attached hydrogens (tertiary/aromatic N) is 2. The zero-order valence-electron chi connectivity index (χ0n) is 14.6. The van der Waals surface area contributed by atoms with Gasteiger partial charge in [-0.05, 0) is 29.8 Å². The van der Waals surface area contributed by atoms with Crippen LogP contribution in [-0.4, -0.2) is 10.1 Å². The molecule has 4 aromatic rings. The highest BCUT2D eigenvalue weighted by molar-refractivity contribution is 5.92. The van der Waals surface area contributed by atoms with Crippen LogP contribution in [0.25, 0.3) is 22.2 Å². The molecule has 7 heteroatoms. The van der Waals surface area contributed by atoms with E-state index < -0.39 is 17.9 Å². The molecule has 0 amide bonds. The molecule has 0 unspecified atom stereocenters. The minimum atomic E-state index is -4.49. The summed E-state index contributed by atoms with van der Waals surface area (Å²) in [6, 6.07) is 18.2. The van der Waals surface area contributed by atoms with E-state index >= 15 is 0 Å². The Morgan fingerprint density at radius 3 is 2.50 bits per heavy atom. The Morgan fingerprint density at radius 2 is 1.68 bits per heavy atom. The Morgan fingerprint density at radius 1 is 0.929 bits per heavy atom. The number of hydrogen-bond donors (Lipinski definition) is 1. The lowest BCUT2D eigenvalue weighted by Crippen LogP contribution is -2.17. The Labute approximate surface area is 158 Å². The van der Waals surface area contributed by atoms with Crippen LogP contribution >= 0.6 is 0 Å². The Kier molecular flexibility index (Phi) is 4.60. The van der Waals surface area contributed by atoms with E-state index in [9.17, 15) is 13.2 Å². The Hall–Kier alpha value is -3.19. The van der Waals surface area contributed by atoms with Crippen molar-refractivity contribution < 1.29 is 17.7 Å². The molecule has 0 saturated heterocycles. The SMILES string of the molecule is N[C@@H](Cc1cccc(C(F)(F)F)n1)c1ccccc1-c1noc2ccccc12. The fraction of sp³-hybridized carbons (Fsp3) is 0.143. The number of rotatable bonds is 4. The van der Waals surface area contributed by atoms with Crippen LogP contribution in [-0.2, 0) is 12.6 Å². The van der Waals surface area contributed by atoms with Gasteiger partial charge in [0.15, 0.2) is 5.58 Å². The molecule has 0 bridgehead atoms. The van der Waals surface area contributed by atoms with E-state index in [4.69, 9.17) is 10.3 Å². The second-order valence-electron chi connectivity index (χ2n) is 6.44. The molecule has 0 spiro atoms. The molecule has 0 aliphatic heterocycles. The predicted octanol–water partition coefficient (Wildman–Crippen LogP) is 5.15. The van der Waals surface area contributed by atoms with Gasteiger partial charge in [0.2, 0.25) is 0 Å². The fourth-order valence-corrected chi connectivity index (χ4v) is 3.20. The zero-order valence-corrected chi connectivity index (χ0v) is 14.6. The molecule has 28 heavy (non-hydrogen) atoms. The quantitative estimate of drug-likeness (QED) is 0.529. The van der Waals surface area contributed by atoms with Gasteiger partial charge in [-0.3, -0.25) is 0 Å². The smallest absolute Gasteiger partial charge is 0.356 e. The summed E-state index contributed by atoms with van der Waals surface area (Å²) < 4.78 is 44.1. The minimum Gasteiger partial charge on any atom is -0.356 e. The van der Waals surface area contributed by atoms with Crippen LogP contribution in [0.5, 0.6) is 0 Å². The van der Waals surface area contributed by atoms with Gasteiger partial charge in [0, 0.05) is 29.1 Å². The third-order valence-electron chi connectivity index (χ3n) is 4.52. The van der Waals surface area contributed by atoms with Crippen LogP contribution in [0, 0.1) is 0 Å². The lowest BCUT2D eigenvalue weighted by atomic mass is 9.94. The third kappa shape index (κ3) is 3.48. The van der Waals surface area contributed by atoms with Crippen LogP contribution in [0.3, 0.4) is 0 Å². The fourth-order valence-electron chi connectivity index (χ4n) is 3.20. The van der Waals surface area contributed by atoms with Crippen LogP contribution < -0.4 is 5.73 Å². The van der Waals surface area contributed by atoms with Crippen LogP contribution in [0.2, 0.25) is 0 Å². The van der Waals surface area contributed by atoms with Crippen molar-refractivity contribution in [1.82, 2.24) is 10.1 Å². The normalized spacial score (nSPS) is 13.0. The highest BCUT2D eigenvalue weighted by Crippen LogP contribution is 2.33. The monoisotopic (exact) mass is 383 g/mol. The van der Waals surface area contributed by atoms with Gasteiger partial charge in [-0.1, -0.05) is 47.6 Å². The van der Waals surface area contributed by atoms with Gasteiger partial charge in [-0.15, -0.1) is 0 Å². The Bertz CT molecular complexity index is 1120. The second-order valence-corrected chi connectivity index (χ2v) is 6.44. The van der Waals surface area contributed by atoms with E-state index in [2.05, 4.69) is 10.1 Å². The lowest BCUT2D eigenvalue weighted by Gasteiger charge is -2.16. The topological polar surface area (TPSA) is 64.9 Å². The molecule has 0 aliphatic rings. The van der Waals surface area contributed by atoms with Crippen LogP contribution in [0.1, 0.15) is 23.0 Å². The standard InChI is InChI=1S/C21H16F3N3O/c22-21(23,24)19-11-5-6-13(26-19)12-17(25)14-7-1-2-8-15(14)20-16-9-3-4-10-18(16)28-27-20/h1-11,17H,12,25H2/t17-/m0/s1. The van der Waals surface area contributed by atoms with Crippen molar-refractivity contribution in [2.45, 2.75) is 18.6 Å². The first-order valence-electron chi connectivity index (χ1n) is 8.66. The van der Waals surface area contributed by atoms with Gasteiger partial charge < -0.3 is 10.3 Å². The van der Waals surface area contributed by atoms with Crippen molar-refractivity contribution >= 4 is 11.0 Å². The summed E-state index contributed by atoms with van der Waals surface area (Å²) in [5.41, 5.74) is 8.57. The van der Waals surface area contributed by atoms with Gasteiger partial charge in [0.1, 0.15) is 11.4 Å². The number of pyridine rings is 1. The highest BCUT2D eigenvalue weighted by atomic mass is 19.4. The number of alkyl halides is 3. The largest absolute Gasteiger partial charge is 0.433 e. The molecule has 0 radical (unpaired) electrons. The molecular weight excluding hydrogens is 367 g/mol. The summed E-state index contributed by atoms with van der Waals surface area (Å²) in [6.07, 6.45) is -4.33. The van der Waals surface area contributed by atoms with Crippen molar-refractivity contribution in [3.05, 3.63) is 83.7 Å². The van der Waals surface area contributed by atoms with Gasteiger partial charge in [-0.2, -0.15) is 13.2 Å². The molecule has 4 rings (SSSR count). The maximum Gasteiger partial charge on any atom is 0.433 e. The molecule has 0 aliphatic carbocycles. The van der Waals surface area contributed by atoms with E-state index in [1.54, 1.807) is 6.07 Å².